The van der Waals surface area contributed by atoms with Gasteiger partial charge in [-0.05, 0) is 24.7 Å². The van der Waals surface area contributed by atoms with Gasteiger partial charge < -0.3 is 10.1 Å². The Kier molecular flexibility index (Phi) is 5.41. The molecule has 2 nitrogen and oxygen atoms in total. The molecule has 1 rings (SSSR count). The highest BCUT2D eigenvalue weighted by molar-refractivity contribution is 5.26. The summed E-state index contributed by atoms with van der Waals surface area (Å²) in [5.41, 5.74) is -0.394. The summed E-state index contributed by atoms with van der Waals surface area (Å²) in [6, 6.07) is 3.56. The van der Waals surface area contributed by atoms with E-state index in [0.29, 0.717) is 5.56 Å². The van der Waals surface area contributed by atoms with Crippen LogP contribution in [-0.4, -0.2) is 26.4 Å². The average molecular weight is 301 g/mol. The van der Waals surface area contributed by atoms with Crippen molar-refractivity contribution in [1.29, 1.82) is 0 Å². The molecule has 1 atom stereocenters. The summed E-state index contributed by atoms with van der Waals surface area (Å²) in [5.74, 6) is 0. The first-order chi connectivity index (χ1) is 9.13. The topological polar surface area (TPSA) is 21.3 Å². The summed E-state index contributed by atoms with van der Waals surface area (Å²) in [7, 11) is 1.49. The Labute approximate surface area is 111 Å². The first kappa shape index (κ1) is 16.8. The number of halogens is 6. The van der Waals surface area contributed by atoms with Gasteiger partial charge in [-0.15, -0.1) is 0 Å². The summed E-state index contributed by atoms with van der Waals surface area (Å²) in [4.78, 5) is 0. The van der Waals surface area contributed by atoms with E-state index in [1.54, 1.807) is 0 Å². The fourth-order valence-electron chi connectivity index (χ4n) is 1.54. The molecule has 1 N–H and O–H groups in total. The molecular formula is C12H13F6NO. The third-order valence-electron chi connectivity index (χ3n) is 2.54. The predicted molar refractivity (Wildman–Crippen MR) is 60.1 cm³/mol. The van der Waals surface area contributed by atoms with Crippen LogP contribution in [0.15, 0.2) is 24.3 Å². The van der Waals surface area contributed by atoms with Crippen molar-refractivity contribution in [2.24, 2.45) is 0 Å². The fraction of sp³-hybridized carbons (Fsp3) is 0.500. The normalized spacial score (nSPS) is 14.3. The zero-order valence-electron chi connectivity index (χ0n) is 10.5. The second-order valence-electron chi connectivity index (χ2n) is 4.09. The standard InChI is InChI=1S/C12H13F6NO/c1-19-10(6-20-7-11(13,14)15)8-2-4-9(5-3-8)12(16,17)18/h2-5,10,19H,6-7H2,1H3. The second kappa shape index (κ2) is 6.45. The Bertz CT molecular complexity index is 411. The summed E-state index contributed by atoms with van der Waals surface area (Å²) in [6.45, 7) is -1.69. The van der Waals surface area contributed by atoms with Crippen LogP contribution in [0.3, 0.4) is 0 Å². The molecule has 0 fully saturated rings. The highest BCUT2D eigenvalue weighted by Crippen LogP contribution is 2.30. The van der Waals surface area contributed by atoms with Crippen LogP contribution in [0, 0.1) is 0 Å². The monoisotopic (exact) mass is 301 g/mol. The largest absolute Gasteiger partial charge is 0.416 e. The molecule has 8 heteroatoms. The number of nitrogens with one attached hydrogen (secondary N) is 1. The molecule has 0 spiro atoms. The first-order valence-electron chi connectivity index (χ1n) is 5.62. The predicted octanol–water partition coefficient (Wildman–Crippen LogP) is 3.54. The number of rotatable bonds is 5. The van der Waals surface area contributed by atoms with Crippen molar-refractivity contribution in [3.05, 3.63) is 35.4 Å². The fourth-order valence-corrected chi connectivity index (χ4v) is 1.54. The first-order valence-corrected chi connectivity index (χ1v) is 5.62. The Morgan fingerprint density at radius 2 is 1.60 bits per heavy atom. The van der Waals surface area contributed by atoms with Crippen LogP contribution in [0.4, 0.5) is 26.3 Å². The van der Waals surface area contributed by atoms with Gasteiger partial charge in [0.2, 0.25) is 0 Å². The van der Waals surface area contributed by atoms with Crippen molar-refractivity contribution < 1.29 is 31.1 Å². The molecule has 0 amide bonds. The lowest BCUT2D eigenvalue weighted by Crippen LogP contribution is -2.25. The van der Waals surface area contributed by atoms with Gasteiger partial charge in [-0.25, -0.2) is 0 Å². The molecule has 0 aliphatic heterocycles. The van der Waals surface area contributed by atoms with E-state index < -0.39 is 30.6 Å². The van der Waals surface area contributed by atoms with Gasteiger partial charge in [0.15, 0.2) is 0 Å². The van der Waals surface area contributed by atoms with Crippen molar-refractivity contribution in [1.82, 2.24) is 5.32 Å². The van der Waals surface area contributed by atoms with Gasteiger partial charge in [0.25, 0.3) is 0 Å². The number of hydrogen-bond donors (Lipinski definition) is 1. The molecule has 1 unspecified atom stereocenters. The third kappa shape index (κ3) is 5.38. The summed E-state index contributed by atoms with van der Waals surface area (Å²) in [6.07, 6.45) is -8.88. The number of hydrogen-bond acceptors (Lipinski definition) is 2. The van der Waals surface area contributed by atoms with Crippen molar-refractivity contribution >= 4 is 0 Å². The van der Waals surface area contributed by atoms with Crippen LogP contribution in [0.5, 0.6) is 0 Å². The molecule has 0 bridgehead atoms. The van der Waals surface area contributed by atoms with Gasteiger partial charge in [-0.2, -0.15) is 26.3 Å². The Morgan fingerprint density at radius 1 is 1.05 bits per heavy atom. The Balaban J connectivity index is 2.66. The van der Waals surface area contributed by atoms with E-state index in [4.69, 9.17) is 0 Å². The van der Waals surface area contributed by atoms with Crippen LogP contribution in [0.1, 0.15) is 17.2 Å². The molecule has 20 heavy (non-hydrogen) atoms. The summed E-state index contributed by atoms with van der Waals surface area (Å²) < 4.78 is 77.4. The molecule has 1 aromatic rings. The summed E-state index contributed by atoms with van der Waals surface area (Å²) >= 11 is 0. The number of benzene rings is 1. The van der Waals surface area contributed by atoms with E-state index >= 15 is 0 Å². The van der Waals surface area contributed by atoms with E-state index in [2.05, 4.69) is 10.1 Å². The SMILES string of the molecule is CNC(COCC(F)(F)F)c1ccc(C(F)(F)F)cc1. The van der Waals surface area contributed by atoms with E-state index in [0.717, 1.165) is 12.1 Å². The molecule has 0 aliphatic rings. The van der Waals surface area contributed by atoms with Crippen molar-refractivity contribution in [3.8, 4) is 0 Å². The van der Waals surface area contributed by atoms with Crippen molar-refractivity contribution in [2.45, 2.75) is 18.4 Å². The highest BCUT2D eigenvalue weighted by atomic mass is 19.4. The van der Waals surface area contributed by atoms with Gasteiger partial charge >= 0.3 is 12.4 Å². The number of likely N-dealkylation sites (N-methyl/N-ethyl adjacent to an activating group) is 1. The van der Waals surface area contributed by atoms with Crippen molar-refractivity contribution in [2.75, 3.05) is 20.3 Å². The highest BCUT2D eigenvalue weighted by Gasteiger charge is 2.30. The number of alkyl halides is 6. The maximum Gasteiger partial charge on any atom is 0.416 e. The van der Waals surface area contributed by atoms with E-state index in [1.807, 2.05) is 0 Å². The maximum absolute atomic E-state index is 12.4. The maximum atomic E-state index is 12.4. The van der Waals surface area contributed by atoms with Gasteiger partial charge in [0, 0.05) is 0 Å². The Hall–Kier alpha value is -1.28. The Morgan fingerprint density at radius 3 is 2.00 bits per heavy atom. The molecule has 0 saturated heterocycles. The van der Waals surface area contributed by atoms with E-state index in [-0.39, 0.29) is 6.61 Å². The van der Waals surface area contributed by atoms with Crippen molar-refractivity contribution in [3.63, 3.8) is 0 Å². The molecule has 0 saturated carbocycles. The molecule has 1 aromatic carbocycles. The van der Waals surface area contributed by atoms with Crippen LogP contribution in [0.25, 0.3) is 0 Å². The van der Waals surface area contributed by atoms with Crippen LogP contribution in [0.2, 0.25) is 0 Å². The quantitative estimate of drug-likeness (QED) is 0.840. The zero-order chi connectivity index (χ0) is 15.4. The molecule has 114 valence electrons. The minimum absolute atomic E-state index is 0.290. The van der Waals surface area contributed by atoms with Crippen LogP contribution < -0.4 is 5.32 Å². The van der Waals surface area contributed by atoms with Crippen LogP contribution in [-0.2, 0) is 10.9 Å². The van der Waals surface area contributed by atoms with Crippen LogP contribution >= 0.6 is 0 Å². The van der Waals surface area contributed by atoms with Gasteiger partial charge in [0.1, 0.15) is 6.61 Å². The zero-order valence-corrected chi connectivity index (χ0v) is 10.5. The van der Waals surface area contributed by atoms with Gasteiger partial charge in [-0.1, -0.05) is 12.1 Å². The van der Waals surface area contributed by atoms with E-state index in [9.17, 15) is 26.3 Å². The van der Waals surface area contributed by atoms with Gasteiger partial charge in [-0.3, -0.25) is 0 Å². The van der Waals surface area contributed by atoms with E-state index in [1.165, 1.54) is 19.2 Å². The molecule has 0 aliphatic carbocycles. The average Bonchev–Trinajstić information content (AvgIpc) is 2.32. The number of ether oxygens (including phenoxy) is 1. The smallest absolute Gasteiger partial charge is 0.370 e. The lowest BCUT2D eigenvalue weighted by molar-refractivity contribution is -0.175. The minimum atomic E-state index is -4.44. The molecular weight excluding hydrogens is 288 g/mol. The molecule has 0 heterocycles. The summed E-state index contributed by atoms with van der Waals surface area (Å²) in [5, 5.41) is 2.69. The molecule has 0 aromatic heterocycles. The molecule has 0 radical (unpaired) electrons. The van der Waals surface area contributed by atoms with Gasteiger partial charge in [0.05, 0.1) is 18.2 Å². The lowest BCUT2D eigenvalue weighted by atomic mass is 10.1. The minimum Gasteiger partial charge on any atom is -0.370 e. The lowest BCUT2D eigenvalue weighted by Gasteiger charge is -2.18. The third-order valence-corrected chi connectivity index (χ3v) is 2.54. The second-order valence-corrected chi connectivity index (χ2v) is 4.09.